The fraction of sp³-hybridized carbons (Fsp3) is 0.333. The van der Waals surface area contributed by atoms with Gasteiger partial charge in [-0.05, 0) is 31.0 Å². The van der Waals surface area contributed by atoms with Crippen molar-refractivity contribution < 1.29 is 19.4 Å². The van der Waals surface area contributed by atoms with Gasteiger partial charge in [0.1, 0.15) is 0 Å². The highest BCUT2D eigenvalue weighted by molar-refractivity contribution is 7.80. The molecule has 0 amide bonds. The molecule has 1 aromatic carbocycles. The Kier molecular flexibility index (Phi) is 5.03. The highest BCUT2D eigenvalue weighted by Gasteiger charge is 2.13. The topological polar surface area (TPSA) is 63.6 Å². The monoisotopic (exact) mass is 254 g/mol. The fourth-order valence-corrected chi connectivity index (χ4v) is 1.63. The second-order valence-electron chi connectivity index (χ2n) is 3.46. The molecule has 0 saturated heterocycles. The van der Waals surface area contributed by atoms with Crippen LogP contribution < -0.4 is 0 Å². The van der Waals surface area contributed by atoms with Gasteiger partial charge >= 0.3 is 11.9 Å². The third kappa shape index (κ3) is 4.11. The van der Waals surface area contributed by atoms with Gasteiger partial charge in [-0.25, -0.2) is 4.79 Å². The molecule has 0 aromatic heterocycles. The zero-order chi connectivity index (χ0) is 12.8. The highest BCUT2D eigenvalue weighted by atomic mass is 32.1. The number of ether oxygens (including phenoxy) is 1. The molecule has 0 aliphatic rings. The number of rotatable bonds is 5. The number of benzene rings is 1. The number of thiol groups is 1. The molecule has 4 nitrogen and oxygen atoms in total. The van der Waals surface area contributed by atoms with Crippen LogP contribution in [0, 0.1) is 0 Å². The number of hydrogen-bond donors (Lipinski definition) is 2. The number of hydrogen-bond acceptors (Lipinski definition) is 4. The largest absolute Gasteiger partial charge is 0.481 e. The van der Waals surface area contributed by atoms with Crippen molar-refractivity contribution >= 4 is 24.6 Å². The SMILES string of the molecule is CCOC(=O)c1cc(S)ccc1CCC(=O)O. The Morgan fingerprint density at radius 1 is 1.41 bits per heavy atom. The van der Waals surface area contributed by atoms with E-state index in [0.29, 0.717) is 22.4 Å². The molecule has 92 valence electrons. The normalized spacial score (nSPS) is 10.0. The molecule has 0 atom stereocenters. The summed E-state index contributed by atoms with van der Waals surface area (Å²) < 4.78 is 4.91. The van der Waals surface area contributed by atoms with Crippen LogP contribution in [0.2, 0.25) is 0 Å². The van der Waals surface area contributed by atoms with E-state index < -0.39 is 11.9 Å². The van der Waals surface area contributed by atoms with Crippen LogP contribution in [0.3, 0.4) is 0 Å². The number of carboxylic acids is 1. The van der Waals surface area contributed by atoms with Crippen molar-refractivity contribution in [3.63, 3.8) is 0 Å². The first-order valence-corrected chi connectivity index (χ1v) is 5.70. The van der Waals surface area contributed by atoms with E-state index in [1.165, 1.54) is 0 Å². The summed E-state index contributed by atoms with van der Waals surface area (Å²) in [5.41, 5.74) is 1.06. The van der Waals surface area contributed by atoms with Crippen LogP contribution in [0.4, 0.5) is 0 Å². The second kappa shape index (κ2) is 6.30. The highest BCUT2D eigenvalue weighted by Crippen LogP contribution is 2.17. The van der Waals surface area contributed by atoms with Gasteiger partial charge in [-0.3, -0.25) is 4.79 Å². The minimum Gasteiger partial charge on any atom is -0.481 e. The molecule has 0 saturated carbocycles. The molecular formula is C12H14O4S. The van der Waals surface area contributed by atoms with Crippen molar-refractivity contribution in [2.24, 2.45) is 0 Å². The number of esters is 1. The molecule has 1 N–H and O–H groups in total. The predicted octanol–water partition coefficient (Wildman–Crippen LogP) is 2.17. The maximum Gasteiger partial charge on any atom is 0.338 e. The van der Waals surface area contributed by atoms with Crippen molar-refractivity contribution in [3.8, 4) is 0 Å². The van der Waals surface area contributed by atoms with Crippen molar-refractivity contribution in [2.75, 3.05) is 6.61 Å². The van der Waals surface area contributed by atoms with E-state index >= 15 is 0 Å². The molecule has 0 bridgehead atoms. The average molecular weight is 254 g/mol. The van der Waals surface area contributed by atoms with Crippen LogP contribution >= 0.6 is 12.6 Å². The molecule has 17 heavy (non-hydrogen) atoms. The van der Waals surface area contributed by atoms with Gasteiger partial charge in [0, 0.05) is 11.3 Å². The summed E-state index contributed by atoms with van der Waals surface area (Å²) in [6, 6.07) is 5.03. The lowest BCUT2D eigenvalue weighted by Crippen LogP contribution is -2.09. The van der Waals surface area contributed by atoms with E-state index in [1.807, 2.05) is 0 Å². The Bertz CT molecular complexity index is 429. The first-order valence-electron chi connectivity index (χ1n) is 5.25. The molecule has 0 spiro atoms. The van der Waals surface area contributed by atoms with Gasteiger partial charge in [-0.15, -0.1) is 12.6 Å². The fourth-order valence-electron chi connectivity index (χ4n) is 1.42. The van der Waals surface area contributed by atoms with Crippen molar-refractivity contribution in [2.45, 2.75) is 24.7 Å². The molecule has 0 fully saturated rings. The van der Waals surface area contributed by atoms with Gasteiger partial charge in [-0.2, -0.15) is 0 Å². The zero-order valence-corrected chi connectivity index (χ0v) is 10.4. The third-order valence-electron chi connectivity index (χ3n) is 2.20. The number of aryl methyl sites for hydroxylation is 1. The number of carbonyl (C=O) groups is 2. The maximum atomic E-state index is 11.7. The Morgan fingerprint density at radius 2 is 2.12 bits per heavy atom. The first kappa shape index (κ1) is 13.6. The number of carbonyl (C=O) groups excluding carboxylic acids is 1. The molecular weight excluding hydrogens is 240 g/mol. The lowest BCUT2D eigenvalue weighted by Gasteiger charge is -2.08. The Labute approximate surface area is 105 Å². The average Bonchev–Trinajstić information content (AvgIpc) is 2.27. The summed E-state index contributed by atoms with van der Waals surface area (Å²) in [4.78, 5) is 22.8. The van der Waals surface area contributed by atoms with Crippen LogP contribution in [0.15, 0.2) is 23.1 Å². The predicted molar refractivity (Wildman–Crippen MR) is 65.6 cm³/mol. The summed E-state index contributed by atoms with van der Waals surface area (Å²) in [6.45, 7) is 2.01. The lowest BCUT2D eigenvalue weighted by atomic mass is 10.0. The van der Waals surface area contributed by atoms with Gasteiger partial charge in [-0.1, -0.05) is 6.07 Å². The quantitative estimate of drug-likeness (QED) is 0.624. The lowest BCUT2D eigenvalue weighted by molar-refractivity contribution is -0.136. The Balaban J connectivity index is 2.95. The minimum absolute atomic E-state index is 0.0156. The Hall–Kier alpha value is -1.49. The summed E-state index contributed by atoms with van der Waals surface area (Å²) in [5.74, 6) is -1.33. The van der Waals surface area contributed by atoms with Gasteiger partial charge in [0.15, 0.2) is 0 Å². The summed E-state index contributed by atoms with van der Waals surface area (Å²) in [6.07, 6.45) is 0.288. The van der Waals surface area contributed by atoms with Crippen molar-refractivity contribution in [1.29, 1.82) is 0 Å². The summed E-state index contributed by atoms with van der Waals surface area (Å²) >= 11 is 4.15. The minimum atomic E-state index is -0.894. The Morgan fingerprint density at radius 3 is 2.71 bits per heavy atom. The second-order valence-corrected chi connectivity index (χ2v) is 3.97. The summed E-state index contributed by atoms with van der Waals surface area (Å²) in [7, 11) is 0. The van der Waals surface area contributed by atoms with Crippen molar-refractivity contribution in [3.05, 3.63) is 29.3 Å². The van der Waals surface area contributed by atoms with E-state index in [1.54, 1.807) is 25.1 Å². The van der Waals surface area contributed by atoms with E-state index in [9.17, 15) is 9.59 Å². The first-order chi connectivity index (χ1) is 8.04. The van der Waals surface area contributed by atoms with Gasteiger partial charge in [0.05, 0.1) is 12.2 Å². The van der Waals surface area contributed by atoms with E-state index in [4.69, 9.17) is 9.84 Å². The molecule has 0 radical (unpaired) electrons. The molecule has 5 heteroatoms. The number of carboxylic acid groups (broad SMARTS) is 1. The molecule has 0 heterocycles. The molecule has 0 unspecified atom stereocenters. The van der Waals surface area contributed by atoms with Crippen LogP contribution in [0.1, 0.15) is 29.3 Å². The molecule has 1 aromatic rings. The van der Waals surface area contributed by atoms with E-state index in [-0.39, 0.29) is 13.0 Å². The van der Waals surface area contributed by atoms with Gasteiger partial charge < -0.3 is 9.84 Å². The van der Waals surface area contributed by atoms with Gasteiger partial charge in [0.2, 0.25) is 0 Å². The third-order valence-corrected chi connectivity index (χ3v) is 2.48. The van der Waals surface area contributed by atoms with E-state index in [0.717, 1.165) is 0 Å². The molecule has 0 aliphatic carbocycles. The number of aliphatic carboxylic acids is 1. The van der Waals surface area contributed by atoms with Gasteiger partial charge in [0.25, 0.3) is 0 Å². The van der Waals surface area contributed by atoms with Crippen molar-refractivity contribution in [1.82, 2.24) is 0 Å². The van der Waals surface area contributed by atoms with Crippen LogP contribution in [-0.4, -0.2) is 23.7 Å². The molecule has 1 rings (SSSR count). The zero-order valence-electron chi connectivity index (χ0n) is 9.47. The molecule has 0 aliphatic heterocycles. The van der Waals surface area contributed by atoms with E-state index in [2.05, 4.69) is 12.6 Å². The standard InChI is InChI=1S/C12H14O4S/c1-2-16-12(15)10-7-9(17)5-3-8(10)4-6-11(13)14/h3,5,7,17H,2,4,6H2,1H3,(H,13,14). The maximum absolute atomic E-state index is 11.7. The smallest absolute Gasteiger partial charge is 0.338 e. The summed E-state index contributed by atoms with van der Waals surface area (Å²) in [5, 5.41) is 8.63. The van der Waals surface area contributed by atoms with Crippen LogP contribution in [-0.2, 0) is 16.0 Å². The van der Waals surface area contributed by atoms with Crippen LogP contribution in [0.5, 0.6) is 0 Å². The van der Waals surface area contributed by atoms with Crippen LogP contribution in [0.25, 0.3) is 0 Å².